The Labute approximate surface area is 288 Å². The van der Waals surface area contributed by atoms with Crippen molar-refractivity contribution in [3.63, 3.8) is 0 Å². The van der Waals surface area contributed by atoms with Crippen molar-refractivity contribution in [2.45, 2.75) is 188 Å². The highest BCUT2D eigenvalue weighted by atomic mass is 31.2. The van der Waals surface area contributed by atoms with Gasteiger partial charge >= 0.3 is 19.8 Å². The van der Waals surface area contributed by atoms with Crippen molar-refractivity contribution in [3.05, 3.63) is 0 Å². The van der Waals surface area contributed by atoms with Crippen LogP contribution >= 0.6 is 7.82 Å². The smallest absolute Gasteiger partial charge is 0.462 e. The van der Waals surface area contributed by atoms with Crippen molar-refractivity contribution < 1.29 is 37.6 Å². The average Bonchev–Trinajstić information content (AvgIpc) is 3.02. The van der Waals surface area contributed by atoms with Gasteiger partial charge in [0.1, 0.15) is 6.61 Å². The molecule has 2 atom stereocenters. The zero-order valence-electron chi connectivity index (χ0n) is 30.9. The van der Waals surface area contributed by atoms with Crippen LogP contribution in [0.5, 0.6) is 0 Å². The lowest BCUT2D eigenvalue weighted by atomic mass is 10.0. The number of nitrogens with two attached hydrogens (primary N) is 1. The van der Waals surface area contributed by atoms with Crippen molar-refractivity contribution in [2.75, 3.05) is 26.4 Å². The Hall–Kier alpha value is -0.990. The molecule has 9 nitrogen and oxygen atoms in total. The predicted octanol–water partition coefficient (Wildman–Crippen LogP) is 10.2. The molecule has 0 spiro atoms. The van der Waals surface area contributed by atoms with Crippen molar-refractivity contribution in [1.82, 2.24) is 0 Å². The fourth-order valence-electron chi connectivity index (χ4n) is 5.47. The van der Waals surface area contributed by atoms with Crippen molar-refractivity contribution in [3.8, 4) is 0 Å². The molecule has 0 heterocycles. The summed E-state index contributed by atoms with van der Waals surface area (Å²) in [5.74, 6) is 0.779. The maximum atomic E-state index is 12.5. The van der Waals surface area contributed by atoms with Gasteiger partial charge in [-0.05, 0) is 24.7 Å². The average molecular weight is 692 g/mol. The lowest BCUT2D eigenvalue weighted by Crippen LogP contribution is -2.29. The molecule has 0 amide bonds. The van der Waals surface area contributed by atoms with E-state index < -0.39 is 26.5 Å². The molecule has 0 aliphatic heterocycles. The minimum Gasteiger partial charge on any atom is -0.462 e. The zero-order chi connectivity index (χ0) is 35.0. The molecule has 0 saturated carbocycles. The van der Waals surface area contributed by atoms with E-state index in [1.165, 1.54) is 103 Å². The van der Waals surface area contributed by atoms with Gasteiger partial charge < -0.3 is 20.1 Å². The Bertz CT molecular complexity index is 779. The summed E-state index contributed by atoms with van der Waals surface area (Å²) in [6, 6.07) is 0. The highest BCUT2D eigenvalue weighted by Gasteiger charge is 2.26. The van der Waals surface area contributed by atoms with Crippen LogP contribution in [-0.2, 0) is 32.7 Å². The van der Waals surface area contributed by atoms with Gasteiger partial charge in [0.25, 0.3) is 0 Å². The number of carbonyl (C=O) groups excluding carboxylic acids is 2. The van der Waals surface area contributed by atoms with E-state index in [1.807, 2.05) is 0 Å². The summed E-state index contributed by atoms with van der Waals surface area (Å²) >= 11 is 0. The fourth-order valence-corrected chi connectivity index (χ4v) is 6.24. The number of rotatable bonds is 35. The van der Waals surface area contributed by atoms with Gasteiger partial charge in [-0.1, -0.05) is 156 Å². The van der Waals surface area contributed by atoms with Crippen LogP contribution in [0.1, 0.15) is 182 Å². The molecule has 1 unspecified atom stereocenters. The largest absolute Gasteiger partial charge is 0.472 e. The van der Waals surface area contributed by atoms with Crippen LogP contribution < -0.4 is 5.73 Å². The molecular weight excluding hydrogens is 617 g/mol. The third kappa shape index (κ3) is 34.7. The molecule has 0 fully saturated rings. The molecule has 0 saturated heterocycles. The van der Waals surface area contributed by atoms with Crippen LogP contribution in [-0.4, -0.2) is 49.3 Å². The normalized spacial score (nSPS) is 13.6. The van der Waals surface area contributed by atoms with Gasteiger partial charge in [-0.2, -0.15) is 0 Å². The second-order valence-corrected chi connectivity index (χ2v) is 15.6. The van der Waals surface area contributed by atoms with E-state index in [4.69, 9.17) is 24.3 Å². The summed E-state index contributed by atoms with van der Waals surface area (Å²) in [7, 11) is -4.36. The number of hydrogen-bond acceptors (Lipinski definition) is 8. The lowest BCUT2D eigenvalue weighted by Gasteiger charge is -2.19. The standard InChI is InChI=1S/C37H74NO8P/c1-33(2)25-21-17-13-9-5-7-11-15-19-23-27-36(39)43-31-35(32-45-47(41,42)44-30-29-38)46-37(40)28-24-20-16-12-8-6-10-14-18-22-26-34(3)4/h33-35H,5-32,38H2,1-4H3,(H,41,42)/t35-/m1/s1. The molecule has 0 aromatic rings. The number of carbonyl (C=O) groups is 2. The molecular formula is C37H74NO8P. The van der Waals surface area contributed by atoms with Gasteiger partial charge in [-0.3, -0.25) is 18.6 Å². The van der Waals surface area contributed by atoms with Crippen molar-refractivity contribution in [1.29, 1.82) is 0 Å². The summed E-state index contributed by atoms with van der Waals surface area (Å²) in [4.78, 5) is 34.7. The van der Waals surface area contributed by atoms with E-state index in [1.54, 1.807) is 0 Å². The summed E-state index contributed by atoms with van der Waals surface area (Å²) in [6.45, 7) is 8.37. The predicted molar refractivity (Wildman–Crippen MR) is 192 cm³/mol. The third-order valence-electron chi connectivity index (χ3n) is 8.35. The molecule has 0 aliphatic carbocycles. The summed E-state index contributed by atoms with van der Waals surface area (Å²) < 4.78 is 32.6. The molecule has 0 aromatic carbocycles. The summed E-state index contributed by atoms with van der Waals surface area (Å²) in [5, 5.41) is 0. The van der Waals surface area contributed by atoms with Crippen LogP contribution in [0.15, 0.2) is 0 Å². The van der Waals surface area contributed by atoms with E-state index in [9.17, 15) is 19.0 Å². The minimum atomic E-state index is -4.36. The molecule has 47 heavy (non-hydrogen) atoms. The summed E-state index contributed by atoms with van der Waals surface area (Å²) in [6.07, 6.45) is 25.7. The van der Waals surface area contributed by atoms with Gasteiger partial charge in [-0.15, -0.1) is 0 Å². The third-order valence-corrected chi connectivity index (χ3v) is 9.33. The lowest BCUT2D eigenvalue weighted by molar-refractivity contribution is -0.161. The maximum absolute atomic E-state index is 12.5. The van der Waals surface area contributed by atoms with E-state index in [0.29, 0.717) is 6.42 Å². The number of phosphoric acid groups is 1. The number of ether oxygens (including phenoxy) is 2. The van der Waals surface area contributed by atoms with E-state index in [0.717, 1.165) is 43.9 Å². The van der Waals surface area contributed by atoms with Crippen molar-refractivity contribution in [2.24, 2.45) is 17.6 Å². The summed E-state index contributed by atoms with van der Waals surface area (Å²) in [5.41, 5.74) is 5.33. The highest BCUT2D eigenvalue weighted by Crippen LogP contribution is 2.43. The molecule has 0 radical (unpaired) electrons. The number of esters is 2. The van der Waals surface area contributed by atoms with Crippen LogP contribution in [0.4, 0.5) is 0 Å². The molecule has 10 heteroatoms. The first-order chi connectivity index (χ1) is 22.6. The Morgan fingerprint density at radius 1 is 0.574 bits per heavy atom. The van der Waals surface area contributed by atoms with Crippen LogP contribution in [0, 0.1) is 11.8 Å². The molecule has 0 aliphatic rings. The highest BCUT2D eigenvalue weighted by molar-refractivity contribution is 7.47. The van der Waals surface area contributed by atoms with Crippen LogP contribution in [0.2, 0.25) is 0 Å². The Morgan fingerprint density at radius 3 is 1.36 bits per heavy atom. The minimum absolute atomic E-state index is 0.0565. The fraction of sp³-hybridized carbons (Fsp3) is 0.946. The Morgan fingerprint density at radius 2 is 0.957 bits per heavy atom. The van der Waals surface area contributed by atoms with Gasteiger partial charge in [0.05, 0.1) is 13.2 Å². The van der Waals surface area contributed by atoms with Crippen LogP contribution in [0.3, 0.4) is 0 Å². The first-order valence-electron chi connectivity index (χ1n) is 19.2. The first-order valence-corrected chi connectivity index (χ1v) is 20.7. The second-order valence-electron chi connectivity index (χ2n) is 14.1. The second kappa shape index (κ2) is 32.2. The van der Waals surface area contributed by atoms with Gasteiger partial charge in [0, 0.05) is 19.4 Å². The quantitative estimate of drug-likeness (QED) is 0.0378. The molecule has 0 bridgehead atoms. The maximum Gasteiger partial charge on any atom is 0.472 e. The SMILES string of the molecule is CC(C)CCCCCCCCCCCCC(=O)OC[C@H](COP(=O)(O)OCCN)OC(=O)CCCCCCCCCCCCC(C)C. The zero-order valence-corrected chi connectivity index (χ0v) is 31.8. The molecule has 0 aromatic heterocycles. The van der Waals surface area contributed by atoms with Gasteiger partial charge in [-0.25, -0.2) is 4.57 Å². The topological polar surface area (TPSA) is 134 Å². The van der Waals surface area contributed by atoms with E-state index in [2.05, 4.69) is 27.7 Å². The van der Waals surface area contributed by atoms with Gasteiger partial charge in [0.15, 0.2) is 6.10 Å². The Kier molecular flexibility index (Phi) is 31.5. The molecule has 0 rings (SSSR count). The van der Waals surface area contributed by atoms with E-state index >= 15 is 0 Å². The Balaban J connectivity index is 4.20. The van der Waals surface area contributed by atoms with Crippen molar-refractivity contribution >= 4 is 19.8 Å². The van der Waals surface area contributed by atoms with Crippen LogP contribution in [0.25, 0.3) is 0 Å². The first kappa shape index (κ1) is 46.0. The van der Waals surface area contributed by atoms with E-state index in [-0.39, 0.29) is 38.6 Å². The molecule has 3 N–H and O–H groups in total. The number of unbranched alkanes of at least 4 members (excludes halogenated alkanes) is 18. The number of hydrogen-bond donors (Lipinski definition) is 2. The van der Waals surface area contributed by atoms with Gasteiger partial charge in [0.2, 0.25) is 0 Å². The monoisotopic (exact) mass is 692 g/mol. The number of phosphoric ester groups is 1. The molecule has 280 valence electrons.